The largest absolute Gasteiger partial charge is 0.508 e. The second-order valence-corrected chi connectivity index (χ2v) is 10.0. The molecule has 194 valence electrons. The molecule has 0 radical (unpaired) electrons. The van der Waals surface area contributed by atoms with Crippen LogP contribution < -0.4 is 0 Å². The average molecular weight is 491 g/mol. The van der Waals surface area contributed by atoms with Crippen molar-refractivity contribution in [3.63, 3.8) is 0 Å². The molecule has 0 aliphatic rings. The molecule has 0 aliphatic heterocycles. The lowest BCUT2D eigenvalue weighted by atomic mass is 9.95. The standard InChI is InChI=1S/C32H42O4/c1-3-5-7-9-11-25-19-27(31(35)21-29(25)33)17-23-13-15-24(16-14-23)18-28-20-26(12-10-8-6-4-2)30(34)22-32(28)36/h13-16,19-22,33-36H,3-12,17-18H2,1-2H3. The summed E-state index contributed by atoms with van der Waals surface area (Å²) < 4.78 is 0. The Kier molecular flexibility index (Phi) is 10.5. The maximum atomic E-state index is 10.4. The van der Waals surface area contributed by atoms with Gasteiger partial charge in [-0.3, -0.25) is 0 Å². The molecule has 36 heavy (non-hydrogen) atoms. The number of unbranched alkanes of at least 4 members (excludes halogenated alkanes) is 6. The Morgan fingerprint density at radius 1 is 0.444 bits per heavy atom. The van der Waals surface area contributed by atoms with Crippen LogP contribution in [-0.2, 0) is 25.7 Å². The molecule has 4 N–H and O–H groups in total. The molecule has 0 heterocycles. The number of aryl methyl sites for hydroxylation is 2. The Bertz CT molecular complexity index is 1010. The smallest absolute Gasteiger partial charge is 0.122 e. The summed E-state index contributed by atoms with van der Waals surface area (Å²) in [5, 5.41) is 41.3. The zero-order valence-electron chi connectivity index (χ0n) is 21.9. The molecule has 0 aliphatic carbocycles. The second-order valence-electron chi connectivity index (χ2n) is 10.0. The third kappa shape index (κ3) is 7.94. The minimum atomic E-state index is 0.120. The lowest BCUT2D eigenvalue weighted by Gasteiger charge is -2.12. The summed E-state index contributed by atoms with van der Waals surface area (Å²) in [5.41, 5.74) is 5.56. The molecule has 0 amide bonds. The number of phenolic OH excluding ortho intramolecular Hbond substituents is 4. The van der Waals surface area contributed by atoms with Crippen LogP contribution in [0.25, 0.3) is 0 Å². The summed E-state index contributed by atoms with van der Waals surface area (Å²) in [4.78, 5) is 0. The monoisotopic (exact) mass is 490 g/mol. The predicted octanol–water partition coefficient (Wildman–Crippen LogP) is 7.94. The molecular weight excluding hydrogens is 448 g/mol. The number of hydrogen-bond acceptors (Lipinski definition) is 4. The van der Waals surface area contributed by atoms with Crippen LogP contribution in [0.3, 0.4) is 0 Å². The minimum absolute atomic E-state index is 0.120. The van der Waals surface area contributed by atoms with E-state index in [1.165, 1.54) is 37.8 Å². The first-order chi connectivity index (χ1) is 17.4. The number of aromatic hydroxyl groups is 4. The molecule has 0 spiro atoms. The third-order valence-corrected chi connectivity index (χ3v) is 6.97. The summed E-state index contributed by atoms with van der Waals surface area (Å²) in [6.45, 7) is 4.36. The van der Waals surface area contributed by atoms with Crippen LogP contribution in [0.2, 0.25) is 0 Å². The van der Waals surface area contributed by atoms with Gasteiger partial charge in [-0.15, -0.1) is 0 Å². The highest BCUT2D eigenvalue weighted by molar-refractivity contribution is 5.49. The van der Waals surface area contributed by atoms with Gasteiger partial charge in [0.15, 0.2) is 0 Å². The predicted molar refractivity (Wildman–Crippen MR) is 147 cm³/mol. The van der Waals surface area contributed by atoms with E-state index >= 15 is 0 Å². The van der Waals surface area contributed by atoms with Crippen molar-refractivity contribution >= 4 is 0 Å². The molecule has 4 nitrogen and oxygen atoms in total. The van der Waals surface area contributed by atoms with E-state index in [0.717, 1.165) is 71.9 Å². The molecule has 3 aromatic carbocycles. The highest BCUT2D eigenvalue weighted by atomic mass is 16.3. The van der Waals surface area contributed by atoms with Gasteiger partial charge in [-0.05, 0) is 71.2 Å². The minimum Gasteiger partial charge on any atom is -0.508 e. The Labute approximate surface area is 216 Å². The van der Waals surface area contributed by atoms with Gasteiger partial charge in [-0.1, -0.05) is 76.6 Å². The Hall–Kier alpha value is -3.14. The summed E-state index contributed by atoms with van der Waals surface area (Å²) in [5.74, 6) is 0.576. The molecule has 0 saturated heterocycles. The van der Waals surface area contributed by atoms with Crippen LogP contribution in [0, 0.1) is 0 Å². The van der Waals surface area contributed by atoms with Gasteiger partial charge < -0.3 is 20.4 Å². The van der Waals surface area contributed by atoms with Crippen LogP contribution in [0.4, 0.5) is 0 Å². The third-order valence-electron chi connectivity index (χ3n) is 6.97. The molecule has 3 rings (SSSR count). The van der Waals surface area contributed by atoms with Gasteiger partial charge in [0.2, 0.25) is 0 Å². The SMILES string of the molecule is CCCCCCc1cc(Cc2ccc(Cc3cc(CCCCCC)c(O)cc3O)cc2)c(O)cc1O. The fourth-order valence-corrected chi connectivity index (χ4v) is 4.73. The molecule has 0 bridgehead atoms. The van der Waals surface area contributed by atoms with Gasteiger partial charge in [-0.2, -0.15) is 0 Å². The maximum Gasteiger partial charge on any atom is 0.122 e. The van der Waals surface area contributed by atoms with Crippen LogP contribution in [0.5, 0.6) is 23.0 Å². The van der Waals surface area contributed by atoms with Crippen LogP contribution in [0.15, 0.2) is 48.5 Å². The first-order valence-electron chi connectivity index (χ1n) is 13.6. The van der Waals surface area contributed by atoms with E-state index in [1.807, 2.05) is 36.4 Å². The molecule has 0 fully saturated rings. The van der Waals surface area contributed by atoms with E-state index < -0.39 is 0 Å². The van der Waals surface area contributed by atoms with Crippen molar-refractivity contribution in [2.45, 2.75) is 90.9 Å². The first kappa shape index (κ1) is 27.4. The topological polar surface area (TPSA) is 80.9 Å². The van der Waals surface area contributed by atoms with E-state index in [-0.39, 0.29) is 23.0 Å². The van der Waals surface area contributed by atoms with Crippen LogP contribution >= 0.6 is 0 Å². The maximum absolute atomic E-state index is 10.4. The van der Waals surface area contributed by atoms with Gasteiger partial charge in [0, 0.05) is 25.0 Å². The van der Waals surface area contributed by atoms with Crippen molar-refractivity contribution in [2.75, 3.05) is 0 Å². The van der Waals surface area contributed by atoms with E-state index in [0.29, 0.717) is 12.8 Å². The fraction of sp³-hybridized carbons (Fsp3) is 0.438. The van der Waals surface area contributed by atoms with Crippen molar-refractivity contribution in [1.29, 1.82) is 0 Å². The molecule has 3 aromatic rings. The van der Waals surface area contributed by atoms with Gasteiger partial charge >= 0.3 is 0 Å². The van der Waals surface area contributed by atoms with Crippen molar-refractivity contribution in [3.8, 4) is 23.0 Å². The van der Waals surface area contributed by atoms with Crippen LogP contribution in [-0.4, -0.2) is 20.4 Å². The number of hydrogen-bond donors (Lipinski definition) is 4. The Morgan fingerprint density at radius 3 is 1.17 bits per heavy atom. The zero-order chi connectivity index (χ0) is 25.9. The highest BCUT2D eigenvalue weighted by Crippen LogP contribution is 2.32. The van der Waals surface area contributed by atoms with Gasteiger partial charge in [0.1, 0.15) is 23.0 Å². The second kappa shape index (κ2) is 13.8. The molecule has 0 aromatic heterocycles. The lowest BCUT2D eigenvalue weighted by molar-refractivity contribution is 0.440. The quantitative estimate of drug-likeness (QED) is 0.173. The molecule has 0 atom stereocenters. The van der Waals surface area contributed by atoms with Crippen LogP contribution in [0.1, 0.15) is 98.6 Å². The van der Waals surface area contributed by atoms with E-state index in [2.05, 4.69) is 13.8 Å². The van der Waals surface area contributed by atoms with Crippen molar-refractivity contribution in [3.05, 3.63) is 81.9 Å². The Morgan fingerprint density at radius 2 is 0.806 bits per heavy atom. The van der Waals surface area contributed by atoms with Gasteiger partial charge in [-0.25, -0.2) is 0 Å². The average Bonchev–Trinajstić information content (AvgIpc) is 2.85. The fourth-order valence-electron chi connectivity index (χ4n) is 4.73. The molecule has 0 unspecified atom stereocenters. The number of benzene rings is 3. The van der Waals surface area contributed by atoms with E-state index in [9.17, 15) is 20.4 Å². The van der Waals surface area contributed by atoms with Crippen molar-refractivity contribution in [2.24, 2.45) is 0 Å². The van der Waals surface area contributed by atoms with E-state index in [1.54, 1.807) is 0 Å². The van der Waals surface area contributed by atoms with Gasteiger partial charge in [0.25, 0.3) is 0 Å². The zero-order valence-corrected chi connectivity index (χ0v) is 21.9. The summed E-state index contributed by atoms with van der Waals surface area (Å²) in [7, 11) is 0. The molecular formula is C32H42O4. The van der Waals surface area contributed by atoms with E-state index in [4.69, 9.17) is 0 Å². The van der Waals surface area contributed by atoms with Crippen molar-refractivity contribution in [1.82, 2.24) is 0 Å². The first-order valence-corrected chi connectivity index (χ1v) is 13.6. The van der Waals surface area contributed by atoms with Crippen molar-refractivity contribution < 1.29 is 20.4 Å². The summed E-state index contributed by atoms with van der Waals surface area (Å²) >= 11 is 0. The normalized spacial score (nSPS) is 11.2. The van der Waals surface area contributed by atoms with Gasteiger partial charge in [0.05, 0.1) is 0 Å². The molecule has 0 saturated carbocycles. The lowest BCUT2D eigenvalue weighted by Crippen LogP contribution is -1.96. The molecule has 4 heteroatoms. The number of rotatable bonds is 14. The number of phenols is 4. The summed E-state index contributed by atoms with van der Waals surface area (Å²) in [6, 6.07) is 15.0. The highest BCUT2D eigenvalue weighted by Gasteiger charge is 2.12. The Balaban J connectivity index is 1.66. The summed E-state index contributed by atoms with van der Waals surface area (Å²) in [6.07, 6.45) is 11.9.